The van der Waals surface area contributed by atoms with Crippen LogP contribution in [-0.2, 0) is 0 Å². The van der Waals surface area contributed by atoms with E-state index in [9.17, 15) is 4.39 Å². The standard InChI is InChI=1S/C8H7BrClFS/c1-4-3-5(9)7(11)8(12-2)6(4)10/h3H,1-2H3. The smallest absolute Gasteiger partial charge is 0.152 e. The Kier molecular flexibility index (Phi) is 3.44. The Morgan fingerprint density at radius 1 is 1.58 bits per heavy atom. The lowest BCUT2D eigenvalue weighted by molar-refractivity contribution is 0.595. The molecule has 0 N–H and O–H groups in total. The third-order valence-electron chi connectivity index (χ3n) is 1.50. The average molecular weight is 270 g/mol. The van der Waals surface area contributed by atoms with Crippen LogP contribution < -0.4 is 0 Å². The number of halogens is 3. The first kappa shape index (κ1) is 10.4. The van der Waals surface area contributed by atoms with Gasteiger partial charge in [-0.25, -0.2) is 4.39 Å². The van der Waals surface area contributed by atoms with Crippen LogP contribution in [0.15, 0.2) is 15.4 Å². The highest BCUT2D eigenvalue weighted by Crippen LogP contribution is 2.35. The SMILES string of the molecule is CSc1c(F)c(Br)cc(C)c1Cl. The number of thioether (sulfide) groups is 1. The Balaban J connectivity index is 3.42. The van der Waals surface area contributed by atoms with Crippen LogP contribution in [0.1, 0.15) is 5.56 Å². The molecule has 0 saturated carbocycles. The van der Waals surface area contributed by atoms with E-state index in [1.54, 1.807) is 12.3 Å². The molecular formula is C8H7BrClFS. The molecule has 0 aliphatic heterocycles. The molecule has 66 valence electrons. The molecule has 0 amide bonds. The topological polar surface area (TPSA) is 0 Å². The van der Waals surface area contributed by atoms with Gasteiger partial charge >= 0.3 is 0 Å². The fourth-order valence-corrected chi connectivity index (χ4v) is 2.55. The molecule has 0 aliphatic carbocycles. The van der Waals surface area contributed by atoms with E-state index in [0.717, 1.165) is 5.56 Å². The third kappa shape index (κ3) is 1.78. The van der Waals surface area contributed by atoms with E-state index in [4.69, 9.17) is 11.6 Å². The molecule has 0 radical (unpaired) electrons. The van der Waals surface area contributed by atoms with Crippen molar-refractivity contribution < 1.29 is 4.39 Å². The van der Waals surface area contributed by atoms with Gasteiger partial charge in [-0.15, -0.1) is 11.8 Å². The van der Waals surface area contributed by atoms with Gasteiger partial charge in [-0.05, 0) is 40.7 Å². The summed E-state index contributed by atoms with van der Waals surface area (Å²) in [7, 11) is 0. The number of hydrogen-bond donors (Lipinski definition) is 0. The first-order chi connectivity index (χ1) is 5.57. The van der Waals surface area contributed by atoms with Crippen molar-refractivity contribution in [2.75, 3.05) is 6.26 Å². The molecule has 0 heterocycles. The molecule has 0 unspecified atom stereocenters. The molecule has 0 spiro atoms. The molecule has 0 nitrogen and oxygen atoms in total. The van der Waals surface area contributed by atoms with Crippen LogP contribution in [0.3, 0.4) is 0 Å². The van der Waals surface area contributed by atoms with E-state index >= 15 is 0 Å². The van der Waals surface area contributed by atoms with Crippen molar-refractivity contribution in [3.8, 4) is 0 Å². The normalized spacial score (nSPS) is 10.4. The van der Waals surface area contributed by atoms with Crippen LogP contribution >= 0.6 is 39.3 Å². The highest BCUT2D eigenvalue weighted by Gasteiger charge is 2.12. The van der Waals surface area contributed by atoms with Gasteiger partial charge in [-0.2, -0.15) is 0 Å². The predicted molar refractivity (Wildman–Crippen MR) is 55.6 cm³/mol. The zero-order valence-corrected chi connectivity index (χ0v) is 9.78. The molecule has 1 aromatic rings. The van der Waals surface area contributed by atoms with Gasteiger partial charge in [0.1, 0.15) is 0 Å². The van der Waals surface area contributed by atoms with Gasteiger partial charge in [0.05, 0.1) is 14.4 Å². The maximum atomic E-state index is 13.3. The van der Waals surface area contributed by atoms with Crippen LogP contribution in [0.4, 0.5) is 4.39 Å². The fourth-order valence-electron chi connectivity index (χ4n) is 0.880. The minimum absolute atomic E-state index is 0.280. The van der Waals surface area contributed by atoms with Crippen molar-refractivity contribution in [3.63, 3.8) is 0 Å². The van der Waals surface area contributed by atoms with Crippen molar-refractivity contribution in [2.24, 2.45) is 0 Å². The Bertz CT molecular complexity index is 288. The monoisotopic (exact) mass is 268 g/mol. The number of benzene rings is 1. The second kappa shape index (κ2) is 3.99. The van der Waals surface area contributed by atoms with E-state index in [-0.39, 0.29) is 5.82 Å². The van der Waals surface area contributed by atoms with Crippen molar-refractivity contribution >= 4 is 39.3 Å². The van der Waals surface area contributed by atoms with Crippen molar-refractivity contribution in [3.05, 3.63) is 26.9 Å². The van der Waals surface area contributed by atoms with Crippen LogP contribution in [-0.4, -0.2) is 6.26 Å². The van der Waals surface area contributed by atoms with Gasteiger partial charge in [0.15, 0.2) is 5.82 Å². The number of hydrogen-bond acceptors (Lipinski definition) is 1. The van der Waals surface area contributed by atoms with Crippen LogP contribution in [0, 0.1) is 12.7 Å². The lowest BCUT2D eigenvalue weighted by Crippen LogP contribution is -1.87. The average Bonchev–Trinajstić information content (AvgIpc) is 2.02. The van der Waals surface area contributed by atoms with Gasteiger partial charge in [0.2, 0.25) is 0 Å². The van der Waals surface area contributed by atoms with Gasteiger partial charge in [0.25, 0.3) is 0 Å². The molecule has 0 saturated heterocycles. The Labute approximate surface area is 88.6 Å². The zero-order valence-electron chi connectivity index (χ0n) is 6.62. The van der Waals surface area contributed by atoms with Gasteiger partial charge in [0, 0.05) is 0 Å². The highest BCUT2D eigenvalue weighted by atomic mass is 79.9. The van der Waals surface area contributed by atoms with Crippen LogP contribution in [0.25, 0.3) is 0 Å². The van der Waals surface area contributed by atoms with Crippen molar-refractivity contribution in [1.29, 1.82) is 0 Å². The van der Waals surface area contributed by atoms with E-state index in [1.165, 1.54) is 11.8 Å². The first-order valence-corrected chi connectivity index (χ1v) is 5.65. The van der Waals surface area contributed by atoms with E-state index < -0.39 is 0 Å². The van der Waals surface area contributed by atoms with Crippen LogP contribution in [0.5, 0.6) is 0 Å². The molecule has 4 heteroatoms. The lowest BCUT2D eigenvalue weighted by Gasteiger charge is -2.06. The van der Waals surface area contributed by atoms with E-state index in [2.05, 4.69) is 15.9 Å². The van der Waals surface area contributed by atoms with E-state index in [0.29, 0.717) is 14.4 Å². The van der Waals surface area contributed by atoms with Gasteiger partial charge < -0.3 is 0 Å². The van der Waals surface area contributed by atoms with Gasteiger partial charge in [-0.1, -0.05) is 11.6 Å². The molecule has 0 aromatic heterocycles. The molecule has 0 aliphatic rings. The first-order valence-electron chi connectivity index (χ1n) is 3.26. The maximum Gasteiger partial charge on any atom is 0.152 e. The van der Waals surface area contributed by atoms with E-state index in [1.807, 2.05) is 6.92 Å². The van der Waals surface area contributed by atoms with Crippen molar-refractivity contribution in [1.82, 2.24) is 0 Å². The summed E-state index contributed by atoms with van der Waals surface area (Å²) < 4.78 is 13.8. The second-order valence-electron chi connectivity index (χ2n) is 2.34. The Morgan fingerprint density at radius 2 is 2.17 bits per heavy atom. The summed E-state index contributed by atoms with van der Waals surface area (Å²) in [5, 5.41) is 0.503. The minimum Gasteiger partial charge on any atom is -0.204 e. The summed E-state index contributed by atoms with van der Waals surface area (Å²) in [6.45, 7) is 1.85. The molecule has 0 atom stereocenters. The summed E-state index contributed by atoms with van der Waals surface area (Å²) in [5.74, 6) is -0.280. The van der Waals surface area contributed by atoms with Crippen LogP contribution in [0.2, 0.25) is 5.02 Å². The summed E-state index contributed by atoms with van der Waals surface area (Å²) >= 11 is 10.3. The summed E-state index contributed by atoms with van der Waals surface area (Å²) in [6, 6.07) is 1.68. The Hall–Kier alpha value is 0.270. The fraction of sp³-hybridized carbons (Fsp3) is 0.250. The quantitative estimate of drug-likeness (QED) is 0.542. The largest absolute Gasteiger partial charge is 0.204 e. The van der Waals surface area contributed by atoms with Gasteiger partial charge in [-0.3, -0.25) is 0 Å². The number of aryl methyl sites for hydroxylation is 1. The number of rotatable bonds is 1. The molecule has 12 heavy (non-hydrogen) atoms. The molecule has 1 rings (SSSR count). The minimum atomic E-state index is -0.280. The molecular weight excluding hydrogens is 263 g/mol. The summed E-state index contributed by atoms with van der Waals surface area (Å²) in [4.78, 5) is 0.503. The summed E-state index contributed by atoms with van der Waals surface area (Å²) in [6.07, 6.45) is 1.80. The molecule has 0 bridgehead atoms. The predicted octanol–water partition coefficient (Wildman–Crippen LogP) is 4.27. The summed E-state index contributed by atoms with van der Waals surface area (Å²) in [5.41, 5.74) is 0.884. The molecule has 0 fully saturated rings. The Morgan fingerprint density at radius 3 is 2.67 bits per heavy atom. The van der Waals surface area contributed by atoms with Crippen molar-refractivity contribution in [2.45, 2.75) is 11.8 Å². The zero-order chi connectivity index (χ0) is 9.30. The maximum absolute atomic E-state index is 13.3. The second-order valence-corrected chi connectivity index (χ2v) is 4.39. The highest BCUT2D eigenvalue weighted by molar-refractivity contribution is 9.10. The third-order valence-corrected chi connectivity index (χ3v) is 3.47. The lowest BCUT2D eigenvalue weighted by atomic mass is 10.2. The molecule has 1 aromatic carbocycles.